The summed E-state index contributed by atoms with van der Waals surface area (Å²) in [5.74, 6) is 0.116. The van der Waals surface area contributed by atoms with E-state index < -0.39 is 0 Å². The van der Waals surface area contributed by atoms with Crippen LogP contribution in [0, 0.1) is 0 Å². The van der Waals surface area contributed by atoms with Gasteiger partial charge in [-0.2, -0.15) is 0 Å². The van der Waals surface area contributed by atoms with Crippen LogP contribution >= 0.6 is 0 Å². The van der Waals surface area contributed by atoms with E-state index in [9.17, 15) is 4.79 Å². The maximum atomic E-state index is 12.5. The van der Waals surface area contributed by atoms with Crippen molar-refractivity contribution in [3.63, 3.8) is 0 Å². The highest BCUT2D eigenvalue weighted by molar-refractivity contribution is 6.02. The van der Waals surface area contributed by atoms with Crippen LogP contribution in [-0.4, -0.2) is 10.8 Å². The summed E-state index contributed by atoms with van der Waals surface area (Å²) < 4.78 is 0. The third-order valence-corrected chi connectivity index (χ3v) is 3.71. The molecule has 88 valence electrons. The zero-order valence-electron chi connectivity index (χ0n) is 9.76. The fourth-order valence-electron chi connectivity index (χ4n) is 2.83. The van der Waals surface area contributed by atoms with Crippen LogP contribution in [0.3, 0.4) is 0 Å². The van der Waals surface area contributed by atoms with Gasteiger partial charge in [0, 0.05) is 12.2 Å². The number of amides is 1. The molecule has 2 aliphatic rings. The smallest absolute Gasteiger partial charge is 0.258 e. The van der Waals surface area contributed by atoms with Gasteiger partial charge in [0.05, 0.1) is 5.56 Å². The number of hydrogen-bond acceptors (Lipinski definition) is 2. The lowest BCUT2D eigenvalue weighted by molar-refractivity contribution is 0.0698. The molecule has 0 aliphatic carbocycles. The van der Waals surface area contributed by atoms with Crippen LogP contribution in [0.15, 0.2) is 48.5 Å². The molecule has 2 heterocycles. The third-order valence-electron chi connectivity index (χ3n) is 3.71. The lowest BCUT2D eigenvalue weighted by Crippen LogP contribution is -2.38. The summed E-state index contributed by atoms with van der Waals surface area (Å²) in [6.07, 6.45) is -0.0106. The Morgan fingerprint density at radius 3 is 2.78 bits per heavy atom. The molecular weight excluding hydrogens is 224 g/mol. The van der Waals surface area contributed by atoms with Crippen LogP contribution in [0.2, 0.25) is 0 Å². The molecule has 4 rings (SSSR count). The van der Waals surface area contributed by atoms with Gasteiger partial charge in [-0.05, 0) is 23.3 Å². The van der Waals surface area contributed by atoms with Crippen LogP contribution in [0.5, 0.6) is 0 Å². The summed E-state index contributed by atoms with van der Waals surface area (Å²) >= 11 is 0. The minimum atomic E-state index is -0.0106. The van der Waals surface area contributed by atoms with Crippen molar-refractivity contribution in [3.05, 3.63) is 65.2 Å². The number of nitrogens with one attached hydrogen (secondary N) is 1. The fraction of sp³-hybridized carbons (Fsp3) is 0.133. The van der Waals surface area contributed by atoms with Gasteiger partial charge in [0.15, 0.2) is 0 Å². The maximum Gasteiger partial charge on any atom is 0.258 e. The van der Waals surface area contributed by atoms with Crippen LogP contribution in [0.25, 0.3) is 0 Å². The Balaban J connectivity index is 1.86. The Hall–Kier alpha value is -2.29. The SMILES string of the molecule is O=C1c2ccccc2NC2c3ccccc3CN12. The largest absolute Gasteiger partial charge is 0.361 e. The second kappa shape index (κ2) is 3.35. The van der Waals surface area contributed by atoms with Crippen molar-refractivity contribution in [3.8, 4) is 0 Å². The lowest BCUT2D eigenvalue weighted by Gasteiger charge is -2.33. The number of hydrogen-bond donors (Lipinski definition) is 1. The minimum Gasteiger partial charge on any atom is -0.361 e. The van der Waals surface area contributed by atoms with E-state index in [1.807, 2.05) is 41.3 Å². The van der Waals surface area contributed by atoms with E-state index in [0.717, 1.165) is 11.3 Å². The van der Waals surface area contributed by atoms with E-state index in [4.69, 9.17) is 0 Å². The van der Waals surface area contributed by atoms with E-state index in [1.165, 1.54) is 11.1 Å². The van der Waals surface area contributed by atoms with Crippen LogP contribution in [-0.2, 0) is 6.54 Å². The monoisotopic (exact) mass is 236 g/mol. The number of carbonyl (C=O) groups excluding carboxylic acids is 1. The van der Waals surface area contributed by atoms with Crippen molar-refractivity contribution in [2.75, 3.05) is 5.32 Å². The molecule has 3 nitrogen and oxygen atoms in total. The van der Waals surface area contributed by atoms with Gasteiger partial charge in [-0.15, -0.1) is 0 Å². The van der Waals surface area contributed by atoms with Crippen molar-refractivity contribution in [2.24, 2.45) is 0 Å². The first-order valence-corrected chi connectivity index (χ1v) is 6.09. The summed E-state index contributed by atoms with van der Waals surface area (Å²) in [6, 6.07) is 15.9. The molecule has 0 bridgehead atoms. The molecule has 0 fully saturated rings. The normalized spacial score (nSPS) is 19.9. The summed E-state index contributed by atoms with van der Waals surface area (Å²) in [5.41, 5.74) is 4.14. The molecule has 2 aliphatic heterocycles. The quantitative estimate of drug-likeness (QED) is 0.762. The zero-order chi connectivity index (χ0) is 12.1. The molecule has 0 saturated heterocycles. The Bertz CT molecular complexity index is 650. The van der Waals surface area contributed by atoms with E-state index in [1.54, 1.807) is 0 Å². The standard InChI is InChI=1S/C15H12N2O/c18-15-12-7-3-4-8-13(12)16-14-11-6-2-1-5-10(11)9-17(14)15/h1-8,14,16H,9H2. The van der Waals surface area contributed by atoms with E-state index in [0.29, 0.717) is 6.54 Å². The first-order chi connectivity index (χ1) is 8.84. The summed E-state index contributed by atoms with van der Waals surface area (Å²) in [7, 11) is 0. The molecule has 1 amide bonds. The highest BCUT2D eigenvalue weighted by atomic mass is 16.2. The molecule has 1 atom stereocenters. The average Bonchev–Trinajstić information content (AvgIpc) is 2.79. The number of fused-ring (bicyclic) bond motifs is 4. The number of carbonyl (C=O) groups is 1. The van der Waals surface area contributed by atoms with Crippen molar-refractivity contribution in [2.45, 2.75) is 12.7 Å². The van der Waals surface area contributed by atoms with E-state index in [-0.39, 0.29) is 12.1 Å². The number of nitrogens with zero attached hydrogens (tertiary/aromatic N) is 1. The first-order valence-electron chi connectivity index (χ1n) is 6.09. The van der Waals surface area contributed by atoms with E-state index >= 15 is 0 Å². The second-order valence-electron chi connectivity index (χ2n) is 4.72. The Morgan fingerprint density at radius 1 is 1.06 bits per heavy atom. The Morgan fingerprint density at radius 2 is 1.83 bits per heavy atom. The number of benzene rings is 2. The van der Waals surface area contributed by atoms with Crippen LogP contribution in [0.1, 0.15) is 27.7 Å². The number of para-hydroxylation sites is 1. The Labute approximate surface area is 105 Å². The van der Waals surface area contributed by atoms with Crippen molar-refractivity contribution >= 4 is 11.6 Å². The molecule has 18 heavy (non-hydrogen) atoms. The predicted molar refractivity (Wildman–Crippen MR) is 69.1 cm³/mol. The average molecular weight is 236 g/mol. The molecular formula is C15H12N2O. The topological polar surface area (TPSA) is 32.3 Å². The highest BCUT2D eigenvalue weighted by Gasteiger charge is 2.38. The molecule has 2 aromatic carbocycles. The fourth-order valence-corrected chi connectivity index (χ4v) is 2.83. The molecule has 3 heteroatoms. The van der Waals surface area contributed by atoms with Gasteiger partial charge in [-0.25, -0.2) is 0 Å². The molecule has 0 radical (unpaired) electrons. The molecule has 2 aromatic rings. The number of rotatable bonds is 0. The van der Waals surface area contributed by atoms with Crippen molar-refractivity contribution in [1.29, 1.82) is 0 Å². The number of anilines is 1. The maximum absolute atomic E-state index is 12.5. The molecule has 0 aromatic heterocycles. The van der Waals surface area contributed by atoms with E-state index in [2.05, 4.69) is 17.4 Å². The summed E-state index contributed by atoms with van der Waals surface area (Å²) in [5, 5.41) is 3.45. The van der Waals surface area contributed by atoms with Gasteiger partial charge in [0.2, 0.25) is 0 Å². The molecule has 0 saturated carbocycles. The Kier molecular flexibility index (Phi) is 1.81. The van der Waals surface area contributed by atoms with Gasteiger partial charge < -0.3 is 10.2 Å². The van der Waals surface area contributed by atoms with Crippen LogP contribution < -0.4 is 5.32 Å². The second-order valence-corrected chi connectivity index (χ2v) is 4.72. The minimum absolute atomic E-state index is 0.0106. The van der Waals surface area contributed by atoms with Gasteiger partial charge in [0.25, 0.3) is 5.91 Å². The summed E-state index contributed by atoms with van der Waals surface area (Å²) in [4.78, 5) is 14.3. The molecule has 0 spiro atoms. The predicted octanol–water partition coefficient (Wildman–Crippen LogP) is 2.77. The summed E-state index contributed by atoms with van der Waals surface area (Å²) in [6.45, 7) is 0.695. The molecule has 1 N–H and O–H groups in total. The van der Waals surface area contributed by atoms with Gasteiger partial charge in [-0.1, -0.05) is 36.4 Å². The highest BCUT2D eigenvalue weighted by Crippen LogP contribution is 2.39. The van der Waals surface area contributed by atoms with Crippen molar-refractivity contribution < 1.29 is 4.79 Å². The van der Waals surface area contributed by atoms with Crippen LogP contribution in [0.4, 0.5) is 5.69 Å². The first kappa shape index (κ1) is 9.71. The van der Waals surface area contributed by atoms with Gasteiger partial charge in [-0.3, -0.25) is 4.79 Å². The zero-order valence-corrected chi connectivity index (χ0v) is 9.76. The molecule has 1 unspecified atom stereocenters. The van der Waals surface area contributed by atoms with Gasteiger partial charge >= 0.3 is 0 Å². The van der Waals surface area contributed by atoms with Gasteiger partial charge in [0.1, 0.15) is 6.17 Å². The third kappa shape index (κ3) is 1.16. The lowest BCUT2D eigenvalue weighted by atomic mass is 10.1. The van der Waals surface area contributed by atoms with Crippen molar-refractivity contribution in [1.82, 2.24) is 4.90 Å².